The lowest BCUT2D eigenvalue weighted by molar-refractivity contribution is -0.169. The van der Waals surface area contributed by atoms with E-state index in [4.69, 9.17) is 21.1 Å². The van der Waals surface area contributed by atoms with Gasteiger partial charge in [-0.05, 0) is 16.7 Å². The van der Waals surface area contributed by atoms with E-state index in [1.165, 1.54) is 0 Å². The maximum Gasteiger partial charge on any atom is 0.266 e. The fourth-order valence-electron chi connectivity index (χ4n) is 3.47. The quantitative estimate of drug-likeness (QED) is 0.344. The molecule has 0 heterocycles. The zero-order valence-electron chi connectivity index (χ0n) is 14.4. The first-order chi connectivity index (χ1) is 12.2. The largest absolute Gasteiger partial charge is 0.339 e. The van der Waals surface area contributed by atoms with Crippen LogP contribution in [0.4, 0.5) is 0 Å². The standard InChI is InChI=1S/C22H21ClO2/c1-24-22(23,25-2)21(18-12-6-3-7-13-18,19-14-8-4-9-15-19)20-16-10-5-11-17-20/h3-17H,1-2H3. The third-order valence-corrected chi connectivity index (χ3v) is 5.19. The lowest BCUT2D eigenvalue weighted by Gasteiger charge is -2.45. The Balaban J connectivity index is 2.45. The highest BCUT2D eigenvalue weighted by Crippen LogP contribution is 2.51. The summed E-state index contributed by atoms with van der Waals surface area (Å²) in [5.74, 6) is 0. The monoisotopic (exact) mass is 352 g/mol. The Morgan fingerprint density at radius 3 is 1.08 bits per heavy atom. The van der Waals surface area contributed by atoms with Crippen LogP contribution < -0.4 is 0 Å². The molecular formula is C22H21ClO2. The molecule has 0 aliphatic rings. The van der Waals surface area contributed by atoms with Crippen molar-refractivity contribution < 1.29 is 9.47 Å². The Labute approximate surface area is 154 Å². The highest BCUT2D eigenvalue weighted by Gasteiger charge is 2.55. The van der Waals surface area contributed by atoms with Gasteiger partial charge in [0.25, 0.3) is 5.25 Å². The molecule has 3 rings (SSSR count). The molecule has 0 N–H and O–H groups in total. The molecule has 0 saturated heterocycles. The Hall–Kier alpha value is -2.13. The molecule has 0 unspecified atom stereocenters. The van der Waals surface area contributed by atoms with E-state index in [2.05, 4.69) is 36.4 Å². The van der Waals surface area contributed by atoms with Crippen LogP contribution in [-0.4, -0.2) is 19.5 Å². The summed E-state index contributed by atoms with van der Waals surface area (Å²) in [4.78, 5) is 0. The van der Waals surface area contributed by atoms with E-state index in [1.54, 1.807) is 14.2 Å². The van der Waals surface area contributed by atoms with Gasteiger partial charge in [0.2, 0.25) is 0 Å². The van der Waals surface area contributed by atoms with Crippen molar-refractivity contribution in [3.8, 4) is 0 Å². The van der Waals surface area contributed by atoms with Gasteiger partial charge in [-0.3, -0.25) is 0 Å². The van der Waals surface area contributed by atoms with Gasteiger partial charge in [-0.15, -0.1) is 0 Å². The van der Waals surface area contributed by atoms with Crippen molar-refractivity contribution in [3.63, 3.8) is 0 Å². The van der Waals surface area contributed by atoms with Gasteiger partial charge in [0.15, 0.2) is 0 Å². The van der Waals surface area contributed by atoms with Gasteiger partial charge in [0.05, 0.1) is 0 Å². The van der Waals surface area contributed by atoms with Gasteiger partial charge >= 0.3 is 0 Å². The molecule has 0 fully saturated rings. The van der Waals surface area contributed by atoms with E-state index in [-0.39, 0.29) is 0 Å². The van der Waals surface area contributed by atoms with Crippen molar-refractivity contribution in [3.05, 3.63) is 108 Å². The maximum atomic E-state index is 6.99. The van der Waals surface area contributed by atoms with E-state index in [9.17, 15) is 0 Å². The Morgan fingerprint density at radius 1 is 0.560 bits per heavy atom. The molecule has 0 amide bonds. The van der Waals surface area contributed by atoms with Crippen molar-refractivity contribution in [1.82, 2.24) is 0 Å². The topological polar surface area (TPSA) is 18.5 Å². The highest BCUT2D eigenvalue weighted by molar-refractivity contribution is 6.23. The minimum Gasteiger partial charge on any atom is -0.339 e. The Morgan fingerprint density at radius 2 is 0.840 bits per heavy atom. The summed E-state index contributed by atoms with van der Waals surface area (Å²) in [6.07, 6.45) is 0. The first-order valence-electron chi connectivity index (χ1n) is 8.15. The molecule has 128 valence electrons. The summed E-state index contributed by atoms with van der Waals surface area (Å²) in [7, 11) is 3.14. The van der Waals surface area contributed by atoms with Gasteiger partial charge < -0.3 is 9.47 Å². The van der Waals surface area contributed by atoms with Crippen molar-refractivity contribution in [2.45, 2.75) is 10.7 Å². The van der Waals surface area contributed by atoms with Crippen molar-refractivity contribution in [2.75, 3.05) is 14.2 Å². The number of hydrogen-bond donors (Lipinski definition) is 0. The summed E-state index contributed by atoms with van der Waals surface area (Å²) < 4.78 is 11.5. The summed E-state index contributed by atoms with van der Waals surface area (Å²) in [6.45, 7) is 0. The number of methoxy groups -OCH3 is 2. The first-order valence-corrected chi connectivity index (χ1v) is 8.52. The molecule has 0 aliphatic carbocycles. The second-order valence-electron chi connectivity index (χ2n) is 5.79. The van der Waals surface area contributed by atoms with Crippen LogP contribution in [0.1, 0.15) is 16.7 Å². The predicted octanol–water partition coefficient (Wildman–Crippen LogP) is 5.21. The van der Waals surface area contributed by atoms with Crippen LogP contribution in [-0.2, 0) is 14.9 Å². The van der Waals surface area contributed by atoms with Crippen LogP contribution in [0.25, 0.3) is 0 Å². The fourth-order valence-corrected chi connectivity index (χ4v) is 3.80. The van der Waals surface area contributed by atoms with Crippen molar-refractivity contribution in [2.24, 2.45) is 0 Å². The number of halogens is 1. The van der Waals surface area contributed by atoms with Crippen LogP contribution in [0.15, 0.2) is 91.0 Å². The van der Waals surface area contributed by atoms with Gasteiger partial charge in [-0.1, -0.05) is 103 Å². The summed E-state index contributed by atoms with van der Waals surface area (Å²) in [5, 5.41) is -1.42. The number of benzene rings is 3. The SMILES string of the molecule is COC(Cl)(OC)C(c1ccccc1)(c1ccccc1)c1ccccc1. The van der Waals surface area contributed by atoms with Gasteiger partial charge in [0, 0.05) is 14.2 Å². The molecule has 0 atom stereocenters. The molecule has 0 aromatic heterocycles. The van der Waals surface area contributed by atoms with Crippen LogP contribution in [0.2, 0.25) is 0 Å². The van der Waals surface area contributed by atoms with Crippen LogP contribution in [0, 0.1) is 0 Å². The molecule has 0 bridgehead atoms. The van der Waals surface area contributed by atoms with Gasteiger partial charge in [-0.2, -0.15) is 0 Å². The van der Waals surface area contributed by atoms with Gasteiger partial charge in [-0.25, -0.2) is 0 Å². The maximum absolute atomic E-state index is 6.99. The molecule has 3 heteroatoms. The van der Waals surface area contributed by atoms with Gasteiger partial charge in [0.1, 0.15) is 5.41 Å². The average Bonchev–Trinajstić information content (AvgIpc) is 2.71. The second kappa shape index (κ2) is 7.40. The molecule has 3 aromatic rings. The van der Waals surface area contributed by atoms with E-state index < -0.39 is 10.7 Å². The van der Waals surface area contributed by atoms with Crippen LogP contribution in [0.5, 0.6) is 0 Å². The number of ether oxygens (including phenoxy) is 2. The predicted molar refractivity (Wildman–Crippen MR) is 102 cm³/mol. The van der Waals surface area contributed by atoms with Crippen molar-refractivity contribution >= 4 is 11.6 Å². The zero-order valence-corrected chi connectivity index (χ0v) is 15.1. The summed E-state index contributed by atoms with van der Waals surface area (Å²) >= 11 is 6.99. The van der Waals surface area contributed by atoms with Crippen molar-refractivity contribution in [1.29, 1.82) is 0 Å². The molecule has 25 heavy (non-hydrogen) atoms. The molecular weight excluding hydrogens is 332 g/mol. The first kappa shape index (κ1) is 17.7. The second-order valence-corrected chi connectivity index (χ2v) is 6.29. The number of hydrogen-bond acceptors (Lipinski definition) is 2. The van der Waals surface area contributed by atoms with Crippen LogP contribution in [0.3, 0.4) is 0 Å². The molecule has 2 nitrogen and oxygen atoms in total. The molecule has 0 saturated carbocycles. The Kier molecular flexibility index (Phi) is 5.24. The number of alkyl halides is 1. The minimum absolute atomic E-state index is 0.845. The normalized spacial score (nSPS) is 12.1. The van der Waals surface area contributed by atoms with E-state index in [0.717, 1.165) is 16.7 Å². The Bertz CT molecular complexity index is 687. The molecule has 0 radical (unpaired) electrons. The summed E-state index contributed by atoms with van der Waals surface area (Å²) in [6, 6.07) is 30.3. The fraction of sp³-hybridized carbons (Fsp3) is 0.182. The lowest BCUT2D eigenvalue weighted by Crippen LogP contribution is -2.52. The van der Waals surface area contributed by atoms with Crippen LogP contribution >= 0.6 is 11.6 Å². The van der Waals surface area contributed by atoms with E-state index in [1.807, 2.05) is 54.6 Å². The lowest BCUT2D eigenvalue weighted by atomic mass is 9.68. The molecule has 3 aromatic carbocycles. The third kappa shape index (κ3) is 2.87. The van der Waals surface area contributed by atoms with E-state index >= 15 is 0 Å². The molecule has 0 aliphatic heterocycles. The smallest absolute Gasteiger partial charge is 0.266 e. The molecule has 0 spiro atoms. The average molecular weight is 353 g/mol. The third-order valence-electron chi connectivity index (χ3n) is 4.59. The minimum atomic E-state index is -1.42. The number of rotatable bonds is 6. The highest BCUT2D eigenvalue weighted by atomic mass is 35.5. The van der Waals surface area contributed by atoms with E-state index in [0.29, 0.717) is 0 Å². The summed E-state index contributed by atoms with van der Waals surface area (Å²) in [5.41, 5.74) is 2.13. The zero-order chi connectivity index (χ0) is 17.8.